The largest absolute Gasteiger partial charge is 0.383 e. The zero-order valence-electron chi connectivity index (χ0n) is 12.1. The average molecular weight is 257 g/mol. The SMILES string of the molecule is CCN(C)C[C@H]1CCN(C(=O)N[C@@H](C)COC)C1. The molecule has 1 fully saturated rings. The number of carbonyl (C=O) groups is 1. The van der Waals surface area contributed by atoms with Crippen LogP contribution < -0.4 is 5.32 Å². The molecule has 0 aromatic heterocycles. The fourth-order valence-electron chi connectivity index (χ4n) is 2.33. The number of urea groups is 1. The van der Waals surface area contributed by atoms with Crippen LogP contribution in [0.15, 0.2) is 0 Å². The van der Waals surface area contributed by atoms with Crippen molar-refractivity contribution in [1.29, 1.82) is 0 Å². The van der Waals surface area contributed by atoms with Crippen LogP contribution in [0.5, 0.6) is 0 Å². The third kappa shape index (κ3) is 4.82. The smallest absolute Gasteiger partial charge is 0.317 e. The van der Waals surface area contributed by atoms with E-state index in [4.69, 9.17) is 4.74 Å². The van der Waals surface area contributed by atoms with E-state index >= 15 is 0 Å². The van der Waals surface area contributed by atoms with Gasteiger partial charge in [0.15, 0.2) is 0 Å². The van der Waals surface area contributed by atoms with E-state index in [0.717, 1.165) is 32.6 Å². The number of rotatable bonds is 6. The minimum absolute atomic E-state index is 0.0428. The van der Waals surface area contributed by atoms with E-state index in [1.807, 2.05) is 11.8 Å². The maximum absolute atomic E-state index is 12.0. The van der Waals surface area contributed by atoms with Crippen LogP contribution in [0.3, 0.4) is 0 Å². The van der Waals surface area contributed by atoms with E-state index in [0.29, 0.717) is 12.5 Å². The van der Waals surface area contributed by atoms with Crippen molar-refractivity contribution in [1.82, 2.24) is 15.1 Å². The normalized spacial score (nSPS) is 21.4. The van der Waals surface area contributed by atoms with Crippen molar-refractivity contribution < 1.29 is 9.53 Å². The van der Waals surface area contributed by atoms with Crippen LogP contribution in [-0.4, -0.2) is 68.8 Å². The Morgan fingerprint density at radius 3 is 2.94 bits per heavy atom. The van der Waals surface area contributed by atoms with Crippen LogP contribution in [0, 0.1) is 5.92 Å². The maximum atomic E-state index is 12.0. The van der Waals surface area contributed by atoms with Crippen molar-refractivity contribution >= 4 is 6.03 Å². The van der Waals surface area contributed by atoms with Gasteiger partial charge in [0.1, 0.15) is 0 Å². The van der Waals surface area contributed by atoms with Crippen molar-refractivity contribution in [2.24, 2.45) is 5.92 Å². The van der Waals surface area contributed by atoms with Crippen LogP contribution in [0.1, 0.15) is 20.3 Å². The second-order valence-electron chi connectivity index (χ2n) is 5.26. The molecule has 18 heavy (non-hydrogen) atoms. The lowest BCUT2D eigenvalue weighted by Gasteiger charge is -2.22. The molecule has 1 heterocycles. The second kappa shape index (κ2) is 7.59. The van der Waals surface area contributed by atoms with Crippen molar-refractivity contribution in [2.75, 3.05) is 46.9 Å². The molecule has 0 spiro atoms. The monoisotopic (exact) mass is 257 g/mol. The van der Waals surface area contributed by atoms with Gasteiger partial charge in [-0.25, -0.2) is 4.79 Å². The third-order valence-electron chi connectivity index (χ3n) is 3.47. The number of likely N-dealkylation sites (tertiary alicyclic amines) is 1. The van der Waals surface area contributed by atoms with E-state index in [-0.39, 0.29) is 12.1 Å². The van der Waals surface area contributed by atoms with E-state index in [1.54, 1.807) is 7.11 Å². The predicted molar refractivity (Wildman–Crippen MR) is 72.7 cm³/mol. The Bertz CT molecular complexity index is 261. The molecular weight excluding hydrogens is 230 g/mol. The van der Waals surface area contributed by atoms with Gasteiger partial charge >= 0.3 is 6.03 Å². The zero-order valence-corrected chi connectivity index (χ0v) is 12.1. The summed E-state index contributed by atoms with van der Waals surface area (Å²) in [5, 5.41) is 2.96. The minimum atomic E-state index is 0.0428. The lowest BCUT2D eigenvalue weighted by molar-refractivity contribution is 0.161. The first-order valence-corrected chi connectivity index (χ1v) is 6.79. The van der Waals surface area contributed by atoms with E-state index in [2.05, 4.69) is 24.2 Å². The predicted octanol–water partition coefficient (Wildman–Crippen LogP) is 1.00. The Hall–Kier alpha value is -0.810. The molecule has 1 rings (SSSR count). The maximum Gasteiger partial charge on any atom is 0.317 e. The molecule has 5 heteroatoms. The molecule has 1 N–H and O–H groups in total. The number of hydrogen-bond acceptors (Lipinski definition) is 3. The van der Waals surface area contributed by atoms with Crippen molar-refractivity contribution in [3.8, 4) is 0 Å². The number of nitrogens with zero attached hydrogens (tertiary/aromatic N) is 2. The molecule has 106 valence electrons. The lowest BCUT2D eigenvalue weighted by atomic mass is 10.1. The van der Waals surface area contributed by atoms with Gasteiger partial charge in [0, 0.05) is 26.7 Å². The summed E-state index contributed by atoms with van der Waals surface area (Å²) in [6.07, 6.45) is 1.11. The average Bonchev–Trinajstić information content (AvgIpc) is 2.77. The zero-order chi connectivity index (χ0) is 13.5. The van der Waals surface area contributed by atoms with Gasteiger partial charge in [-0.3, -0.25) is 0 Å². The molecule has 2 atom stereocenters. The van der Waals surface area contributed by atoms with Gasteiger partial charge in [0.05, 0.1) is 12.6 Å². The van der Waals surface area contributed by atoms with Gasteiger partial charge in [-0.15, -0.1) is 0 Å². The van der Waals surface area contributed by atoms with Gasteiger partial charge < -0.3 is 19.9 Å². The Morgan fingerprint density at radius 1 is 1.61 bits per heavy atom. The second-order valence-corrected chi connectivity index (χ2v) is 5.26. The quantitative estimate of drug-likeness (QED) is 0.772. The minimum Gasteiger partial charge on any atom is -0.383 e. The molecule has 0 aromatic carbocycles. The molecule has 2 amide bonds. The van der Waals surface area contributed by atoms with E-state index < -0.39 is 0 Å². The number of hydrogen-bond donors (Lipinski definition) is 1. The van der Waals surface area contributed by atoms with Gasteiger partial charge in [-0.05, 0) is 32.9 Å². The third-order valence-corrected chi connectivity index (χ3v) is 3.47. The van der Waals surface area contributed by atoms with E-state index in [9.17, 15) is 4.79 Å². The molecule has 1 aliphatic rings. The van der Waals surface area contributed by atoms with Crippen LogP contribution in [0.2, 0.25) is 0 Å². The highest BCUT2D eigenvalue weighted by Gasteiger charge is 2.27. The Labute approximate surface area is 110 Å². The first-order valence-electron chi connectivity index (χ1n) is 6.79. The first-order chi connectivity index (χ1) is 8.56. The number of amides is 2. The molecule has 1 saturated heterocycles. The number of methoxy groups -OCH3 is 1. The molecule has 0 saturated carbocycles. The van der Waals surface area contributed by atoms with Gasteiger partial charge in [0.25, 0.3) is 0 Å². The lowest BCUT2D eigenvalue weighted by Crippen LogP contribution is -2.44. The van der Waals surface area contributed by atoms with Crippen molar-refractivity contribution in [3.05, 3.63) is 0 Å². The number of nitrogens with one attached hydrogen (secondary N) is 1. The molecule has 0 bridgehead atoms. The number of carbonyl (C=O) groups excluding carboxylic acids is 1. The fraction of sp³-hybridized carbons (Fsp3) is 0.923. The summed E-state index contributed by atoms with van der Waals surface area (Å²) in [5.41, 5.74) is 0. The highest BCUT2D eigenvalue weighted by atomic mass is 16.5. The first kappa shape index (κ1) is 15.2. The Morgan fingerprint density at radius 2 is 2.33 bits per heavy atom. The van der Waals surface area contributed by atoms with Crippen molar-refractivity contribution in [3.63, 3.8) is 0 Å². The highest BCUT2D eigenvalue weighted by Crippen LogP contribution is 2.17. The highest BCUT2D eigenvalue weighted by molar-refractivity contribution is 5.74. The van der Waals surface area contributed by atoms with Crippen LogP contribution >= 0.6 is 0 Å². The summed E-state index contributed by atoms with van der Waals surface area (Å²) in [5.74, 6) is 0.610. The molecule has 0 aromatic rings. The molecule has 0 unspecified atom stereocenters. The summed E-state index contributed by atoms with van der Waals surface area (Å²) in [6, 6.07) is 0.112. The summed E-state index contributed by atoms with van der Waals surface area (Å²) in [6.45, 7) is 8.55. The fourth-order valence-corrected chi connectivity index (χ4v) is 2.33. The molecule has 0 radical (unpaired) electrons. The standard InChI is InChI=1S/C13H27N3O2/c1-5-15(3)8-12-6-7-16(9-12)13(17)14-11(2)10-18-4/h11-12H,5-10H2,1-4H3,(H,14,17)/t11-,12+/m0/s1. The van der Waals surface area contributed by atoms with Gasteiger partial charge in [0.2, 0.25) is 0 Å². The Balaban J connectivity index is 2.30. The van der Waals surface area contributed by atoms with Gasteiger partial charge in [-0.1, -0.05) is 6.92 Å². The topological polar surface area (TPSA) is 44.8 Å². The summed E-state index contributed by atoms with van der Waals surface area (Å²) in [7, 11) is 3.78. The number of ether oxygens (including phenoxy) is 1. The van der Waals surface area contributed by atoms with Gasteiger partial charge in [-0.2, -0.15) is 0 Å². The summed E-state index contributed by atoms with van der Waals surface area (Å²) < 4.78 is 5.02. The van der Waals surface area contributed by atoms with Crippen LogP contribution in [0.25, 0.3) is 0 Å². The van der Waals surface area contributed by atoms with Crippen LogP contribution in [-0.2, 0) is 4.74 Å². The molecule has 1 aliphatic heterocycles. The molecule has 0 aliphatic carbocycles. The molecule has 5 nitrogen and oxygen atoms in total. The van der Waals surface area contributed by atoms with Crippen LogP contribution in [0.4, 0.5) is 4.79 Å². The molecular formula is C13H27N3O2. The summed E-state index contributed by atoms with van der Waals surface area (Å²) in [4.78, 5) is 16.2. The summed E-state index contributed by atoms with van der Waals surface area (Å²) >= 11 is 0. The Kier molecular flexibility index (Phi) is 6.43. The van der Waals surface area contributed by atoms with Crippen molar-refractivity contribution in [2.45, 2.75) is 26.3 Å². The van der Waals surface area contributed by atoms with E-state index in [1.165, 1.54) is 0 Å².